The molecule has 1 unspecified atom stereocenters. The number of likely N-dealkylation sites (N-methyl/N-ethyl adjacent to an activating group) is 1. The van der Waals surface area contributed by atoms with Crippen molar-refractivity contribution >= 4 is 12.1 Å². The molecule has 1 aliphatic heterocycles. The molecule has 4 heteroatoms. The van der Waals surface area contributed by atoms with Crippen molar-refractivity contribution < 1.29 is 4.79 Å². The number of carbonyl (C=O) groups excluding carboxylic acids is 1. The molecule has 0 bridgehead atoms. The van der Waals surface area contributed by atoms with Crippen molar-refractivity contribution in [1.29, 1.82) is 0 Å². The van der Waals surface area contributed by atoms with Crippen LogP contribution in [0.3, 0.4) is 0 Å². The number of anilines is 1. The fourth-order valence-corrected chi connectivity index (χ4v) is 2.33. The van der Waals surface area contributed by atoms with Gasteiger partial charge in [0.2, 0.25) is 0 Å². The Kier molecular flexibility index (Phi) is 3.74. The van der Waals surface area contributed by atoms with Crippen LogP contribution in [-0.2, 0) is 0 Å². The van der Waals surface area contributed by atoms with E-state index in [1.807, 2.05) is 12.1 Å². The van der Waals surface area contributed by atoms with Gasteiger partial charge in [0.1, 0.15) is 5.82 Å². The third kappa shape index (κ3) is 2.64. The van der Waals surface area contributed by atoms with Crippen molar-refractivity contribution in [1.82, 2.24) is 9.88 Å². The van der Waals surface area contributed by atoms with Gasteiger partial charge in [0, 0.05) is 37.4 Å². The highest BCUT2D eigenvalue weighted by atomic mass is 16.1. The Labute approximate surface area is 102 Å². The van der Waals surface area contributed by atoms with Crippen LogP contribution in [0.5, 0.6) is 0 Å². The largest absolute Gasteiger partial charge is 0.354 e. The molecule has 1 saturated heterocycles. The zero-order valence-corrected chi connectivity index (χ0v) is 10.5. The predicted molar refractivity (Wildman–Crippen MR) is 68.5 cm³/mol. The third-order valence-electron chi connectivity index (χ3n) is 3.40. The zero-order chi connectivity index (χ0) is 12.3. The number of nitrogens with zero attached hydrogens (tertiary/aromatic N) is 3. The van der Waals surface area contributed by atoms with Gasteiger partial charge >= 0.3 is 0 Å². The second-order valence-corrected chi connectivity index (χ2v) is 4.49. The Morgan fingerprint density at radius 2 is 2.29 bits per heavy atom. The Hall–Kier alpha value is -1.42. The van der Waals surface area contributed by atoms with Gasteiger partial charge in [0.25, 0.3) is 0 Å². The van der Waals surface area contributed by atoms with Crippen LogP contribution in [0.1, 0.15) is 24.2 Å². The summed E-state index contributed by atoms with van der Waals surface area (Å²) >= 11 is 0. The number of carbonyl (C=O) groups is 1. The summed E-state index contributed by atoms with van der Waals surface area (Å²) in [6.45, 7) is 8.63. The van der Waals surface area contributed by atoms with Crippen LogP contribution in [0.4, 0.5) is 5.82 Å². The molecule has 92 valence electrons. The summed E-state index contributed by atoms with van der Waals surface area (Å²) in [6, 6.07) is 4.31. The summed E-state index contributed by atoms with van der Waals surface area (Å²) in [6.07, 6.45) is 2.47. The molecule has 0 saturated carbocycles. The lowest BCUT2D eigenvalue weighted by molar-refractivity contribution is 0.112. The number of aromatic nitrogens is 1. The zero-order valence-electron chi connectivity index (χ0n) is 10.5. The third-order valence-corrected chi connectivity index (χ3v) is 3.40. The van der Waals surface area contributed by atoms with Crippen molar-refractivity contribution in [2.45, 2.75) is 19.9 Å². The summed E-state index contributed by atoms with van der Waals surface area (Å²) in [5.41, 5.74) is 0.633. The molecular formula is C13H19N3O. The molecule has 1 atom stereocenters. The van der Waals surface area contributed by atoms with E-state index < -0.39 is 0 Å². The minimum absolute atomic E-state index is 0.557. The molecule has 0 spiro atoms. The first kappa shape index (κ1) is 12.0. The summed E-state index contributed by atoms with van der Waals surface area (Å²) in [5.74, 6) is 0.971. The monoisotopic (exact) mass is 233 g/mol. The highest BCUT2D eigenvalue weighted by Gasteiger charge is 2.22. The first-order chi connectivity index (χ1) is 8.24. The van der Waals surface area contributed by atoms with Gasteiger partial charge < -0.3 is 4.90 Å². The average molecular weight is 233 g/mol. The standard InChI is InChI=1S/C13H19N3O/c1-3-15-6-7-16(9-11(15)2)13-5-4-12(10-17)8-14-13/h4-5,8,10-11H,3,6-7,9H2,1-2H3. The maximum atomic E-state index is 10.6. The van der Waals surface area contributed by atoms with Crippen LogP contribution >= 0.6 is 0 Å². The van der Waals surface area contributed by atoms with Crippen LogP contribution in [0.2, 0.25) is 0 Å². The lowest BCUT2D eigenvalue weighted by Gasteiger charge is -2.39. The van der Waals surface area contributed by atoms with Crippen molar-refractivity contribution in [3.63, 3.8) is 0 Å². The van der Waals surface area contributed by atoms with E-state index in [4.69, 9.17) is 0 Å². The topological polar surface area (TPSA) is 36.4 Å². The van der Waals surface area contributed by atoms with E-state index in [9.17, 15) is 4.79 Å². The predicted octanol–water partition coefficient (Wildman–Crippen LogP) is 1.42. The van der Waals surface area contributed by atoms with Crippen molar-refractivity contribution in [2.75, 3.05) is 31.1 Å². The average Bonchev–Trinajstić information content (AvgIpc) is 2.39. The SMILES string of the molecule is CCN1CCN(c2ccc(C=O)cn2)CC1C. The maximum Gasteiger partial charge on any atom is 0.151 e. The molecule has 2 heterocycles. The molecule has 4 nitrogen and oxygen atoms in total. The Balaban J connectivity index is 2.05. The number of piperazine rings is 1. The van der Waals surface area contributed by atoms with Gasteiger partial charge in [-0.05, 0) is 25.6 Å². The van der Waals surface area contributed by atoms with Gasteiger partial charge in [0.05, 0.1) is 0 Å². The molecule has 1 fully saturated rings. The number of hydrogen-bond donors (Lipinski definition) is 0. The van der Waals surface area contributed by atoms with E-state index in [1.165, 1.54) is 0 Å². The number of hydrogen-bond acceptors (Lipinski definition) is 4. The number of aldehydes is 1. The van der Waals surface area contributed by atoms with Gasteiger partial charge in [-0.15, -0.1) is 0 Å². The molecule has 0 N–H and O–H groups in total. The Morgan fingerprint density at radius 3 is 2.82 bits per heavy atom. The Morgan fingerprint density at radius 1 is 1.47 bits per heavy atom. The summed E-state index contributed by atoms with van der Waals surface area (Å²) in [4.78, 5) is 19.7. The van der Waals surface area contributed by atoms with Crippen LogP contribution < -0.4 is 4.90 Å². The normalized spacial score (nSPS) is 21.5. The first-order valence-corrected chi connectivity index (χ1v) is 6.14. The highest BCUT2D eigenvalue weighted by Crippen LogP contribution is 2.16. The number of rotatable bonds is 3. The highest BCUT2D eigenvalue weighted by molar-refractivity contribution is 5.74. The van der Waals surface area contributed by atoms with Gasteiger partial charge in [-0.1, -0.05) is 6.92 Å². The summed E-state index contributed by atoms with van der Waals surface area (Å²) < 4.78 is 0. The van der Waals surface area contributed by atoms with E-state index in [0.29, 0.717) is 11.6 Å². The van der Waals surface area contributed by atoms with E-state index >= 15 is 0 Å². The van der Waals surface area contributed by atoms with Gasteiger partial charge in [0.15, 0.2) is 6.29 Å². The molecule has 1 aliphatic rings. The maximum absolute atomic E-state index is 10.6. The molecule has 17 heavy (non-hydrogen) atoms. The molecule has 2 rings (SSSR count). The minimum Gasteiger partial charge on any atom is -0.354 e. The molecule has 1 aromatic rings. The first-order valence-electron chi connectivity index (χ1n) is 6.14. The summed E-state index contributed by atoms with van der Waals surface area (Å²) in [5, 5.41) is 0. The summed E-state index contributed by atoms with van der Waals surface area (Å²) in [7, 11) is 0. The molecular weight excluding hydrogens is 214 g/mol. The van der Waals surface area contributed by atoms with Crippen molar-refractivity contribution in [2.24, 2.45) is 0 Å². The fraction of sp³-hybridized carbons (Fsp3) is 0.538. The molecule has 0 aromatic carbocycles. The lowest BCUT2D eigenvalue weighted by Crippen LogP contribution is -2.51. The lowest BCUT2D eigenvalue weighted by atomic mass is 10.2. The molecule has 0 radical (unpaired) electrons. The minimum atomic E-state index is 0.557. The van der Waals surface area contributed by atoms with Crippen molar-refractivity contribution in [3.05, 3.63) is 23.9 Å². The number of pyridine rings is 1. The van der Waals surface area contributed by atoms with Crippen molar-refractivity contribution in [3.8, 4) is 0 Å². The quantitative estimate of drug-likeness (QED) is 0.740. The second-order valence-electron chi connectivity index (χ2n) is 4.49. The van der Waals surface area contributed by atoms with E-state index in [-0.39, 0.29) is 0 Å². The van der Waals surface area contributed by atoms with Gasteiger partial charge in [-0.3, -0.25) is 9.69 Å². The second kappa shape index (κ2) is 5.27. The van der Waals surface area contributed by atoms with E-state index in [2.05, 4.69) is 28.6 Å². The Bertz CT molecular complexity index is 377. The van der Waals surface area contributed by atoms with Crippen LogP contribution in [0, 0.1) is 0 Å². The van der Waals surface area contributed by atoms with Crippen LogP contribution in [-0.4, -0.2) is 48.4 Å². The van der Waals surface area contributed by atoms with Gasteiger partial charge in [-0.25, -0.2) is 4.98 Å². The molecule has 0 aliphatic carbocycles. The van der Waals surface area contributed by atoms with E-state index in [1.54, 1.807) is 6.20 Å². The molecule has 0 amide bonds. The van der Waals surface area contributed by atoms with E-state index in [0.717, 1.165) is 38.3 Å². The van der Waals surface area contributed by atoms with Crippen LogP contribution in [0.15, 0.2) is 18.3 Å². The van der Waals surface area contributed by atoms with Crippen LogP contribution in [0.25, 0.3) is 0 Å². The fourth-order valence-electron chi connectivity index (χ4n) is 2.33. The smallest absolute Gasteiger partial charge is 0.151 e. The molecule has 1 aromatic heterocycles. The van der Waals surface area contributed by atoms with Gasteiger partial charge in [-0.2, -0.15) is 0 Å².